The van der Waals surface area contributed by atoms with Gasteiger partial charge in [0.25, 0.3) is 0 Å². The van der Waals surface area contributed by atoms with Crippen LogP contribution in [0.2, 0.25) is 10.0 Å². The Balaban J connectivity index is 1.30. The highest BCUT2D eigenvalue weighted by Gasteiger charge is 2.31. The van der Waals surface area contributed by atoms with Gasteiger partial charge in [0.15, 0.2) is 0 Å². The summed E-state index contributed by atoms with van der Waals surface area (Å²) in [4.78, 5) is 51.0. The zero-order valence-electron chi connectivity index (χ0n) is 20.2. The number of aliphatic carboxylic acids is 1. The average molecular weight is 567 g/mol. The van der Waals surface area contributed by atoms with Crippen LogP contribution in [-0.2, 0) is 19.2 Å². The van der Waals surface area contributed by atoms with Gasteiger partial charge in [-0.05, 0) is 60.2 Å². The highest BCUT2D eigenvalue weighted by Crippen LogP contribution is 2.37. The summed E-state index contributed by atoms with van der Waals surface area (Å²) in [5.41, 5.74) is 0.664. The number of fused-ring (bicyclic) bond motifs is 1. The molecular weight excluding hydrogens is 537 g/mol. The van der Waals surface area contributed by atoms with Crippen molar-refractivity contribution in [1.29, 1.82) is 0 Å². The summed E-state index contributed by atoms with van der Waals surface area (Å²) in [7, 11) is 0. The first-order valence-corrected chi connectivity index (χ1v) is 14.0. The highest BCUT2D eigenvalue weighted by molar-refractivity contribution is 7.18. The van der Waals surface area contributed by atoms with E-state index in [4.69, 9.17) is 23.2 Å². The molecule has 1 saturated carbocycles. The maximum atomic E-state index is 12.8. The van der Waals surface area contributed by atoms with E-state index in [0.29, 0.717) is 41.5 Å². The van der Waals surface area contributed by atoms with E-state index in [1.807, 2.05) is 17.5 Å². The van der Waals surface area contributed by atoms with Crippen molar-refractivity contribution < 1.29 is 24.3 Å². The molecule has 1 aliphatic carbocycles. The fourth-order valence-corrected chi connectivity index (χ4v) is 6.30. The number of thiophene rings is 1. The number of nitrogens with one attached hydrogen (secondary N) is 2. The minimum absolute atomic E-state index is 0.163. The molecule has 2 fully saturated rings. The van der Waals surface area contributed by atoms with E-state index < -0.39 is 24.3 Å². The van der Waals surface area contributed by atoms with Gasteiger partial charge in [-0.1, -0.05) is 36.0 Å². The van der Waals surface area contributed by atoms with Gasteiger partial charge < -0.3 is 20.6 Å². The number of halogens is 2. The minimum atomic E-state index is -1.15. The Morgan fingerprint density at radius 3 is 2.49 bits per heavy atom. The predicted octanol–water partition coefficient (Wildman–Crippen LogP) is 4.48. The van der Waals surface area contributed by atoms with Crippen molar-refractivity contribution in [3.8, 4) is 0 Å². The second-order valence-corrected chi connectivity index (χ2v) is 11.2. The number of carboxylic acid groups (broad SMARTS) is 1. The van der Waals surface area contributed by atoms with Gasteiger partial charge in [0.2, 0.25) is 17.7 Å². The Bertz CT molecular complexity index is 1220. The molecule has 0 radical (unpaired) electrons. The number of benzene rings is 1. The molecule has 198 valence electrons. The van der Waals surface area contributed by atoms with Crippen molar-refractivity contribution in [3.05, 3.63) is 39.2 Å². The minimum Gasteiger partial charge on any atom is -0.481 e. The lowest BCUT2D eigenvalue weighted by Gasteiger charge is -2.32. The van der Waals surface area contributed by atoms with Gasteiger partial charge in [0.05, 0.1) is 21.2 Å². The first kappa shape index (κ1) is 27.4. The van der Waals surface area contributed by atoms with Crippen molar-refractivity contribution in [3.63, 3.8) is 0 Å². The Morgan fingerprint density at radius 2 is 1.81 bits per heavy atom. The topological polar surface area (TPSA) is 116 Å². The lowest BCUT2D eigenvalue weighted by Crippen LogP contribution is -2.53. The average Bonchev–Trinajstić information content (AvgIpc) is 3.57. The maximum absolute atomic E-state index is 12.8. The van der Waals surface area contributed by atoms with Gasteiger partial charge >= 0.3 is 5.97 Å². The van der Waals surface area contributed by atoms with E-state index in [0.717, 1.165) is 35.8 Å². The summed E-state index contributed by atoms with van der Waals surface area (Å²) in [6.45, 7) is 0.869. The van der Waals surface area contributed by atoms with Gasteiger partial charge in [-0.2, -0.15) is 0 Å². The molecule has 1 aromatic heterocycles. The third-order valence-electron chi connectivity index (χ3n) is 6.95. The van der Waals surface area contributed by atoms with Crippen LogP contribution in [0.15, 0.2) is 23.6 Å². The first-order chi connectivity index (χ1) is 17.7. The second-order valence-electron chi connectivity index (χ2n) is 9.51. The summed E-state index contributed by atoms with van der Waals surface area (Å²) >= 11 is 14.3. The molecule has 11 heteroatoms. The number of carboxylic acids is 1. The van der Waals surface area contributed by atoms with Crippen LogP contribution in [0.3, 0.4) is 0 Å². The van der Waals surface area contributed by atoms with Crippen molar-refractivity contribution >= 4 is 74.4 Å². The standard InChI is InChI=1S/C26H29Cl2N3O5S/c27-22-16(13-17-9-12-37-24(17)23(22)28)5-6-20(32)31-10-7-18(8-11-31)29-26(36)19(14-21(33)34)30-25(35)15-3-1-2-4-15/h5-6,9,12-13,15,18-19H,1-4,7-8,10-11,14H2,(H,29,36)(H,30,35)(H,33,34)/b6-5+/t19-/m0/s1. The molecule has 1 atom stereocenters. The summed E-state index contributed by atoms with van der Waals surface area (Å²) in [6.07, 6.45) is 7.14. The van der Waals surface area contributed by atoms with Crippen LogP contribution in [0.25, 0.3) is 16.2 Å². The number of rotatable bonds is 8. The SMILES string of the molecule is O=C(O)C[C@H](NC(=O)C1CCCC1)C(=O)NC1CCN(C(=O)/C=C/c2cc3ccsc3c(Cl)c2Cl)CC1. The Labute approximate surface area is 229 Å². The van der Waals surface area contributed by atoms with Crippen LogP contribution < -0.4 is 10.6 Å². The van der Waals surface area contributed by atoms with E-state index in [1.54, 1.807) is 11.0 Å². The van der Waals surface area contributed by atoms with Crippen LogP contribution in [0.5, 0.6) is 0 Å². The summed E-state index contributed by atoms with van der Waals surface area (Å²) in [6, 6.07) is 2.51. The molecule has 3 amide bonds. The van der Waals surface area contributed by atoms with E-state index >= 15 is 0 Å². The number of nitrogens with zero attached hydrogens (tertiary/aromatic N) is 1. The van der Waals surface area contributed by atoms with Crippen LogP contribution in [0.1, 0.15) is 50.5 Å². The van der Waals surface area contributed by atoms with E-state index in [-0.39, 0.29) is 23.8 Å². The number of carbonyl (C=O) groups excluding carboxylic acids is 3. The zero-order valence-corrected chi connectivity index (χ0v) is 22.5. The molecule has 1 aliphatic heterocycles. The maximum Gasteiger partial charge on any atom is 0.305 e. The molecule has 37 heavy (non-hydrogen) atoms. The Kier molecular flexibility index (Phi) is 9.10. The lowest BCUT2D eigenvalue weighted by molar-refractivity contribution is -0.141. The van der Waals surface area contributed by atoms with E-state index in [1.165, 1.54) is 17.4 Å². The molecule has 0 bridgehead atoms. The number of hydrogen-bond acceptors (Lipinski definition) is 5. The van der Waals surface area contributed by atoms with Crippen LogP contribution in [-0.4, -0.2) is 58.9 Å². The quantitative estimate of drug-likeness (QED) is 0.408. The number of amides is 3. The number of hydrogen-bond donors (Lipinski definition) is 3. The lowest BCUT2D eigenvalue weighted by atomic mass is 10.0. The van der Waals surface area contributed by atoms with Gasteiger partial charge in [-0.3, -0.25) is 19.2 Å². The smallest absolute Gasteiger partial charge is 0.305 e. The van der Waals surface area contributed by atoms with E-state index in [2.05, 4.69) is 10.6 Å². The third kappa shape index (κ3) is 6.83. The molecule has 0 unspecified atom stereocenters. The highest BCUT2D eigenvalue weighted by atomic mass is 35.5. The van der Waals surface area contributed by atoms with Crippen molar-refractivity contribution in [2.75, 3.05) is 13.1 Å². The van der Waals surface area contributed by atoms with Crippen LogP contribution in [0, 0.1) is 5.92 Å². The predicted molar refractivity (Wildman–Crippen MR) is 145 cm³/mol. The number of piperidine rings is 1. The fourth-order valence-electron chi connectivity index (χ4n) is 4.86. The summed E-state index contributed by atoms with van der Waals surface area (Å²) in [5, 5.41) is 18.5. The normalized spacial score (nSPS) is 17.8. The van der Waals surface area contributed by atoms with Crippen molar-refractivity contribution in [2.24, 2.45) is 5.92 Å². The molecule has 3 N–H and O–H groups in total. The molecule has 2 aliphatic rings. The summed E-state index contributed by atoms with van der Waals surface area (Å²) < 4.78 is 0.906. The van der Waals surface area contributed by atoms with Gasteiger partial charge in [-0.15, -0.1) is 11.3 Å². The van der Waals surface area contributed by atoms with Gasteiger partial charge in [0, 0.05) is 31.1 Å². The summed E-state index contributed by atoms with van der Waals surface area (Å²) in [5.74, 6) is -2.25. The van der Waals surface area contributed by atoms with Crippen molar-refractivity contribution in [2.45, 2.75) is 57.0 Å². The number of carbonyl (C=O) groups is 4. The Morgan fingerprint density at radius 1 is 1.11 bits per heavy atom. The molecule has 1 aromatic carbocycles. The molecule has 2 aromatic rings. The van der Waals surface area contributed by atoms with Gasteiger partial charge in [-0.25, -0.2) is 0 Å². The molecule has 4 rings (SSSR count). The fraction of sp³-hybridized carbons (Fsp3) is 0.462. The second kappa shape index (κ2) is 12.3. The van der Waals surface area contributed by atoms with Crippen LogP contribution in [0.4, 0.5) is 0 Å². The Hall–Kier alpha value is -2.62. The van der Waals surface area contributed by atoms with Crippen molar-refractivity contribution in [1.82, 2.24) is 15.5 Å². The third-order valence-corrected chi connectivity index (χ3v) is 8.89. The number of likely N-dealkylation sites (tertiary alicyclic amines) is 1. The van der Waals surface area contributed by atoms with E-state index in [9.17, 15) is 24.3 Å². The largest absolute Gasteiger partial charge is 0.481 e. The van der Waals surface area contributed by atoms with Crippen LogP contribution >= 0.6 is 34.5 Å². The molecular formula is C26H29Cl2N3O5S. The first-order valence-electron chi connectivity index (χ1n) is 12.4. The monoisotopic (exact) mass is 565 g/mol. The molecule has 8 nitrogen and oxygen atoms in total. The zero-order chi connectivity index (χ0) is 26.5. The molecule has 0 spiro atoms. The molecule has 2 heterocycles. The molecule has 1 saturated heterocycles. The van der Waals surface area contributed by atoms with Gasteiger partial charge in [0.1, 0.15) is 6.04 Å².